The molecule has 88 valence electrons. The van der Waals surface area contributed by atoms with E-state index < -0.39 is 11.6 Å². The number of aliphatic hydroxyl groups is 1. The van der Waals surface area contributed by atoms with Gasteiger partial charge in [-0.1, -0.05) is 13.8 Å². The molecule has 0 spiro atoms. The summed E-state index contributed by atoms with van der Waals surface area (Å²) in [5.74, 6) is -1.18. The molecule has 0 atom stereocenters. The van der Waals surface area contributed by atoms with Gasteiger partial charge < -0.3 is 9.29 Å². The maximum Gasteiger partial charge on any atom is 0.141 e. The lowest BCUT2D eigenvalue weighted by Gasteiger charge is -1.98. The van der Waals surface area contributed by atoms with Crippen molar-refractivity contribution < 1.29 is 18.1 Å². The van der Waals surface area contributed by atoms with Crippen LogP contribution in [0.25, 0.3) is 0 Å². The van der Waals surface area contributed by atoms with Crippen molar-refractivity contribution in [1.82, 2.24) is 0 Å². The molecular formula is C10H16F2O2S. The minimum atomic E-state index is -0.600. The zero-order valence-corrected chi connectivity index (χ0v) is 10.1. The quantitative estimate of drug-likeness (QED) is 0.802. The summed E-state index contributed by atoms with van der Waals surface area (Å²) in [5, 5.41) is 7.00. The SMILES string of the molecule is CC.CO.COSc1ccc(F)cc1F. The highest BCUT2D eigenvalue weighted by Gasteiger charge is 2.02. The predicted octanol–water partition coefficient (Wildman–Crippen LogP) is 3.25. The van der Waals surface area contributed by atoms with E-state index >= 15 is 0 Å². The van der Waals surface area contributed by atoms with Crippen molar-refractivity contribution in [3.8, 4) is 0 Å². The molecule has 0 aliphatic heterocycles. The number of benzene rings is 1. The van der Waals surface area contributed by atoms with E-state index in [0.29, 0.717) is 0 Å². The number of hydrogen-bond donors (Lipinski definition) is 1. The van der Waals surface area contributed by atoms with E-state index in [1.807, 2.05) is 13.8 Å². The zero-order valence-electron chi connectivity index (χ0n) is 9.25. The smallest absolute Gasteiger partial charge is 0.141 e. The lowest BCUT2D eigenvalue weighted by molar-refractivity contribution is 0.399. The van der Waals surface area contributed by atoms with E-state index in [4.69, 9.17) is 5.11 Å². The van der Waals surface area contributed by atoms with E-state index in [1.165, 1.54) is 19.2 Å². The van der Waals surface area contributed by atoms with Crippen LogP contribution in [0.4, 0.5) is 8.78 Å². The van der Waals surface area contributed by atoms with E-state index in [2.05, 4.69) is 4.18 Å². The van der Waals surface area contributed by atoms with Gasteiger partial charge in [-0.15, -0.1) is 0 Å². The summed E-state index contributed by atoms with van der Waals surface area (Å²) in [7, 11) is 2.42. The largest absolute Gasteiger partial charge is 0.400 e. The van der Waals surface area contributed by atoms with Crippen LogP contribution in [0.3, 0.4) is 0 Å². The Morgan fingerprint density at radius 1 is 1.20 bits per heavy atom. The minimum absolute atomic E-state index is 0.286. The number of aliphatic hydroxyl groups excluding tert-OH is 1. The van der Waals surface area contributed by atoms with Crippen LogP contribution in [0.15, 0.2) is 23.1 Å². The van der Waals surface area contributed by atoms with Crippen molar-refractivity contribution >= 4 is 12.0 Å². The third kappa shape index (κ3) is 7.30. The Labute approximate surface area is 93.5 Å². The van der Waals surface area contributed by atoms with Crippen molar-refractivity contribution in [1.29, 1.82) is 0 Å². The van der Waals surface area contributed by atoms with Crippen LogP contribution in [-0.4, -0.2) is 19.3 Å². The molecule has 15 heavy (non-hydrogen) atoms. The molecule has 0 heterocycles. The summed E-state index contributed by atoms with van der Waals surface area (Å²) in [6, 6.07) is 3.34. The van der Waals surface area contributed by atoms with Gasteiger partial charge in [0, 0.05) is 25.2 Å². The third-order valence-electron chi connectivity index (χ3n) is 1.07. The molecule has 0 aliphatic carbocycles. The topological polar surface area (TPSA) is 29.5 Å². The second kappa shape index (κ2) is 11.4. The fraction of sp³-hybridized carbons (Fsp3) is 0.400. The molecule has 1 rings (SSSR count). The molecule has 1 N–H and O–H groups in total. The molecule has 0 fully saturated rings. The highest BCUT2D eigenvalue weighted by molar-refractivity contribution is 7.94. The fourth-order valence-electron chi connectivity index (χ4n) is 0.633. The third-order valence-corrected chi connectivity index (χ3v) is 1.74. The maximum absolute atomic E-state index is 12.7. The molecule has 0 unspecified atom stereocenters. The summed E-state index contributed by atoms with van der Waals surface area (Å²) >= 11 is 0.869. The second-order valence-corrected chi connectivity index (χ2v) is 2.76. The van der Waals surface area contributed by atoms with E-state index in [-0.39, 0.29) is 4.90 Å². The molecule has 0 saturated carbocycles. The van der Waals surface area contributed by atoms with E-state index in [9.17, 15) is 8.78 Å². The molecule has 5 heteroatoms. The average Bonchev–Trinajstić information content (AvgIpc) is 2.28. The molecule has 0 amide bonds. The lowest BCUT2D eigenvalue weighted by Crippen LogP contribution is -1.82. The van der Waals surface area contributed by atoms with Crippen LogP contribution >= 0.6 is 12.0 Å². The Morgan fingerprint density at radius 3 is 2.13 bits per heavy atom. The van der Waals surface area contributed by atoms with Crippen LogP contribution in [0.1, 0.15) is 13.8 Å². The van der Waals surface area contributed by atoms with Crippen LogP contribution in [0, 0.1) is 11.6 Å². The van der Waals surface area contributed by atoms with Gasteiger partial charge in [0.05, 0.1) is 12.0 Å². The standard InChI is InChI=1S/C7H6F2OS.C2H6.CH4O/c1-10-11-7-3-2-5(8)4-6(7)9;2*1-2/h2-4H,1H3;1-2H3;2H,1H3. The van der Waals surface area contributed by atoms with E-state index in [0.717, 1.165) is 25.2 Å². The average molecular weight is 238 g/mol. The number of hydrogen-bond acceptors (Lipinski definition) is 3. The zero-order chi connectivity index (χ0) is 12.3. The molecule has 0 radical (unpaired) electrons. The second-order valence-electron chi connectivity index (χ2n) is 1.82. The molecule has 2 nitrogen and oxygen atoms in total. The monoisotopic (exact) mass is 238 g/mol. The number of rotatable bonds is 2. The van der Waals surface area contributed by atoms with Crippen LogP contribution in [0.5, 0.6) is 0 Å². The Balaban J connectivity index is 0. The Morgan fingerprint density at radius 2 is 1.73 bits per heavy atom. The summed E-state index contributed by atoms with van der Waals surface area (Å²) in [6.07, 6.45) is 0. The van der Waals surface area contributed by atoms with Crippen LogP contribution < -0.4 is 0 Å². The first-order valence-electron chi connectivity index (χ1n) is 4.34. The minimum Gasteiger partial charge on any atom is -0.400 e. The van der Waals surface area contributed by atoms with Gasteiger partial charge in [-0.25, -0.2) is 8.78 Å². The van der Waals surface area contributed by atoms with E-state index in [1.54, 1.807) is 0 Å². The Bertz CT molecular complexity index is 257. The Hall–Kier alpha value is -0.650. The first-order chi connectivity index (χ1) is 7.24. The van der Waals surface area contributed by atoms with Gasteiger partial charge in [0.2, 0.25) is 0 Å². The summed E-state index contributed by atoms with van der Waals surface area (Å²) < 4.78 is 29.6. The van der Waals surface area contributed by atoms with Gasteiger partial charge in [-0.05, 0) is 12.1 Å². The molecule has 0 saturated heterocycles. The molecule has 0 bridgehead atoms. The molecule has 0 aromatic heterocycles. The van der Waals surface area contributed by atoms with Crippen molar-refractivity contribution in [2.24, 2.45) is 0 Å². The number of halogens is 2. The lowest BCUT2D eigenvalue weighted by atomic mass is 10.3. The fourth-order valence-corrected chi connectivity index (χ4v) is 1.07. The van der Waals surface area contributed by atoms with Crippen molar-refractivity contribution in [2.75, 3.05) is 14.2 Å². The normalized spacial score (nSPS) is 8.20. The molecule has 1 aromatic carbocycles. The van der Waals surface area contributed by atoms with Gasteiger partial charge >= 0.3 is 0 Å². The van der Waals surface area contributed by atoms with Gasteiger partial charge in [-0.3, -0.25) is 0 Å². The van der Waals surface area contributed by atoms with Crippen molar-refractivity contribution in [3.05, 3.63) is 29.8 Å². The van der Waals surface area contributed by atoms with Crippen molar-refractivity contribution in [3.63, 3.8) is 0 Å². The highest BCUT2D eigenvalue weighted by atomic mass is 32.2. The van der Waals surface area contributed by atoms with Gasteiger partial charge in [0.25, 0.3) is 0 Å². The molecule has 0 aliphatic rings. The Kier molecular flexibility index (Phi) is 12.8. The summed E-state index contributed by atoms with van der Waals surface area (Å²) in [4.78, 5) is 0.286. The first kappa shape index (κ1) is 16.8. The summed E-state index contributed by atoms with van der Waals surface area (Å²) in [5.41, 5.74) is 0. The van der Waals surface area contributed by atoms with Gasteiger partial charge in [-0.2, -0.15) is 0 Å². The molecule has 1 aromatic rings. The molecular weight excluding hydrogens is 222 g/mol. The maximum atomic E-state index is 12.7. The summed E-state index contributed by atoms with van der Waals surface area (Å²) in [6.45, 7) is 4.00. The van der Waals surface area contributed by atoms with Crippen molar-refractivity contribution in [2.45, 2.75) is 18.7 Å². The van der Waals surface area contributed by atoms with Crippen LogP contribution in [0.2, 0.25) is 0 Å². The highest BCUT2D eigenvalue weighted by Crippen LogP contribution is 2.21. The van der Waals surface area contributed by atoms with Crippen LogP contribution in [-0.2, 0) is 4.18 Å². The predicted molar refractivity (Wildman–Crippen MR) is 58.7 cm³/mol. The first-order valence-corrected chi connectivity index (χ1v) is 5.08. The van der Waals surface area contributed by atoms with Gasteiger partial charge in [0.1, 0.15) is 11.6 Å². The van der Waals surface area contributed by atoms with Gasteiger partial charge in [0.15, 0.2) is 0 Å².